The summed E-state index contributed by atoms with van der Waals surface area (Å²) in [5.74, 6) is 2.29. The van der Waals surface area contributed by atoms with Gasteiger partial charge in [-0.2, -0.15) is 0 Å². The van der Waals surface area contributed by atoms with Crippen molar-refractivity contribution in [2.75, 3.05) is 37.7 Å². The van der Waals surface area contributed by atoms with Crippen molar-refractivity contribution in [1.29, 1.82) is 0 Å². The summed E-state index contributed by atoms with van der Waals surface area (Å²) in [6.45, 7) is 4.63. The third-order valence-electron chi connectivity index (χ3n) is 4.41. The van der Waals surface area contributed by atoms with Crippen LogP contribution in [0.25, 0.3) is 0 Å². The number of nitrogens with zero attached hydrogens (tertiary/aromatic N) is 4. The van der Waals surface area contributed by atoms with Crippen LogP contribution in [0.4, 0.5) is 11.5 Å². The summed E-state index contributed by atoms with van der Waals surface area (Å²) < 4.78 is 5.47. The molecule has 106 valence electrons. The van der Waals surface area contributed by atoms with E-state index in [0.717, 1.165) is 44.4 Å². The molecule has 2 fully saturated rings. The second kappa shape index (κ2) is 5.05. The molecule has 1 unspecified atom stereocenters. The number of anilines is 1. The maximum atomic E-state index is 5.47. The third-order valence-corrected chi connectivity index (χ3v) is 4.41. The van der Waals surface area contributed by atoms with Gasteiger partial charge in [-0.1, -0.05) is 0 Å². The highest BCUT2D eigenvalue weighted by Crippen LogP contribution is 2.36. The lowest BCUT2D eigenvalue weighted by Crippen LogP contribution is -2.55. The highest BCUT2D eigenvalue weighted by molar-refractivity contribution is 5.96. The van der Waals surface area contributed by atoms with Crippen molar-refractivity contribution in [3.05, 3.63) is 18.3 Å². The van der Waals surface area contributed by atoms with Gasteiger partial charge in [0.15, 0.2) is 5.82 Å². The molecule has 0 aliphatic carbocycles. The third kappa shape index (κ3) is 1.97. The van der Waals surface area contributed by atoms with E-state index in [0.29, 0.717) is 6.04 Å². The van der Waals surface area contributed by atoms with Crippen LogP contribution < -0.4 is 4.90 Å². The van der Waals surface area contributed by atoms with Crippen molar-refractivity contribution in [1.82, 2.24) is 9.88 Å². The van der Waals surface area contributed by atoms with Crippen molar-refractivity contribution in [3.8, 4) is 0 Å². The number of amidine groups is 1. The topological polar surface area (TPSA) is 41.0 Å². The van der Waals surface area contributed by atoms with Crippen molar-refractivity contribution in [2.24, 2.45) is 4.99 Å². The SMILES string of the molecule is c1cnc2c(c1)N=C(N1CCOCC1)C1CCCCN21. The second-order valence-corrected chi connectivity index (χ2v) is 5.62. The van der Waals surface area contributed by atoms with Gasteiger partial charge >= 0.3 is 0 Å². The molecular formula is C15H20N4O. The maximum absolute atomic E-state index is 5.47. The van der Waals surface area contributed by atoms with E-state index >= 15 is 0 Å². The van der Waals surface area contributed by atoms with E-state index in [2.05, 4.69) is 20.9 Å². The van der Waals surface area contributed by atoms with Crippen LogP contribution in [-0.4, -0.2) is 54.6 Å². The minimum atomic E-state index is 0.407. The molecule has 1 atom stereocenters. The van der Waals surface area contributed by atoms with Gasteiger partial charge < -0.3 is 14.5 Å². The Morgan fingerprint density at radius 2 is 2.05 bits per heavy atom. The monoisotopic (exact) mass is 272 g/mol. The Hall–Kier alpha value is -1.62. The molecule has 0 bridgehead atoms. The molecule has 0 saturated carbocycles. The number of aromatic nitrogens is 1. The lowest BCUT2D eigenvalue weighted by atomic mass is 9.98. The summed E-state index contributed by atoms with van der Waals surface area (Å²) in [6, 6.07) is 4.46. The molecule has 5 heteroatoms. The molecule has 0 amide bonds. The zero-order valence-electron chi connectivity index (χ0n) is 11.7. The van der Waals surface area contributed by atoms with Crippen LogP contribution in [0.5, 0.6) is 0 Å². The zero-order chi connectivity index (χ0) is 13.4. The molecule has 3 aliphatic heterocycles. The molecular weight excluding hydrogens is 252 g/mol. The minimum Gasteiger partial charge on any atom is -0.378 e. The number of morpholine rings is 1. The normalized spacial score (nSPS) is 25.8. The smallest absolute Gasteiger partial charge is 0.155 e. The van der Waals surface area contributed by atoms with Crippen LogP contribution >= 0.6 is 0 Å². The Labute approximate surface area is 119 Å². The van der Waals surface area contributed by atoms with Crippen molar-refractivity contribution < 1.29 is 4.74 Å². The number of ether oxygens (including phenoxy) is 1. The molecule has 0 spiro atoms. The standard InChI is InChI=1S/C15H20N4O/c1-2-7-19-13(5-1)15(18-8-10-20-11-9-18)17-12-4-3-6-16-14(12)19/h3-4,6,13H,1-2,5,7-11H2. The first-order valence-corrected chi connectivity index (χ1v) is 7.56. The molecule has 0 N–H and O–H groups in total. The highest BCUT2D eigenvalue weighted by Gasteiger charge is 2.35. The number of pyridine rings is 1. The van der Waals surface area contributed by atoms with Gasteiger partial charge in [0.1, 0.15) is 11.5 Å². The van der Waals surface area contributed by atoms with E-state index in [1.807, 2.05) is 12.3 Å². The average molecular weight is 272 g/mol. The van der Waals surface area contributed by atoms with Crippen LogP contribution in [0, 0.1) is 0 Å². The summed E-state index contributed by atoms with van der Waals surface area (Å²) in [5.41, 5.74) is 1.02. The molecule has 0 radical (unpaired) electrons. The van der Waals surface area contributed by atoms with Crippen molar-refractivity contribution in [2.45, 2.75) is 25.3 Å². The first kappa shape index (κ1) is 12.1. The summed E-state index contributed by atoms with van der Waals surface area (Å²) in [6.07, 6.45) is 5.60. The molecule has 20 heavy (non-hydrogen) atoms. The first-order valence-electron chi connectivity index (χ1n) is 7.56. The minimum absolute atomic E-state index is 0.407. The first-order chi connectivity index (χ1) is 9.93. The van der Waals surface area contributed by atoms with Gasteiger partial charge in [0.25, 0.3) is 0 Å². The highest BCUT2D eigenvalue weighted by atomic mass is 16.5. The number of hydrogen-bond acceptors (Lipinski definition) is 5. The van der Waals surface area contributed by atoms with Crippen molar-refractivity contribution in [3.63, 3.8) is 0 Å². The fourth-order valence-corrected chi connectivity index (χ4v) is 3.42. The number of rotatable bonds is 0. The number of hydrogen-bond donors (Lipinski definition) is 0. The van der Waals surface area contributed by atoms with Gasteiger partial charge in [0.05, 0.1) is 19.3 Å². The lowest BCUT2D eigenvalue weighted by molar-refractivity contribution is 0.0663. The zero-order valence-corrected chi connectivity index (χ0v) is 11.7. The Balaban J connectivity index is 1.74. The number of fused-ring (bicyclic) bond motifs is 3. The molecule has 0 aromatic carbocycles. The summed E-state index contributed by atoms with van der Waals surface area (Å²) >= 11 is 0. The Kier molecular flexibility index (Phi) is 3.07. The van der Waals surface area contributed by atoms with Gasteiger partial charge in [-0.15, -0.1) is 0 Å². The second-order valence-electron chi connectivity index (χ2n) is 5.62. The average Bonchev–Trinajstić information content (AvgIpc) is 2.55. The van der Waals surface area contributed by atoms with Crippen LogP contribution in [0.1, 0.15) is 19.3 Å². The van der Waals surface area contributed by atoms with Gasteiger partial charge in [-0.25, -0.2) is 9.98 Å². The van der Waals surface area contributed by atoms with E-state index < -0.39 is 0 Å². The predicted octanol–water partition coefficient (Wildman–Crippen LogP) is 1.82. The Bertz CT molecular complexity index is 524. The van der Waals surface area contributed by atoms with Crippen LogP contribution in [0.15, 0.2) is 23.3 Å². The van der Waals surface area contributed by atoms with Gasteiger partial charge in [-0.05, 0) is 31.4 Å². The van der Waals surface area contributed by atoms with Crippen molar-refractivity contribution >= 4 is 17.3 Å². The summed E-state index contributed by atoms with van der Waals surface area (Å²) in [7, 11) is 0. The quantitative estimate of drug-likeness (QED) is 0.722. The predicted molar refractivity (Wildman–Crippen MR) is 78.7 cm³/mol. The van der Waals surface area contributed by atoms with Crippen LogP contribution in [0.2, 0.25) is 0 Å². The molecule has 5 nitrogen and oxygen atoms in total. The fourth-order valence-electron chi connectivity index (χ4n) is 3.42. The molecule has 2 saturated heterocycles. The fraction of sp³-hybridized carbons (Fsp3) is 0.600. The molecule has 1 aromatic heterocycles. The number of piperidine rings is 1. The van der Waals surface area contributed by atoms with E-state index in [-0.39, 0.29) is 0 Å². The van der Waals surface area contributed by atoms with E-state index in [1.165, 1.54) is 25.1 Å². The summed E-state index contributed by atoms with van der Waals surface area (Å²) in [5, 5.41) is 0. The molecule has 3 aliphatic rings. The van der Waals surface area contributed by atoms with E-state index in [1.54, 1.807) is 0 Å². The maximum Gasteiger partial charge on any atom is 0.155 e. The lowest BCUT2D eigenvalue weighted by Gasteiger charge is -2.44. The van der Waals surface area contributed by atoms with Gasteiger partial charge in [0, 0.05) is 25.8 Å². The number of aliphatic imine (C=N–C) groups is 1. The summed E-state index contributed by atoms with van der Waals surface area (Å²) in [4.78, 5) is 14.4. The van der Waals surface area contributed by atoms with Gasteiger partial charge in [0.2, 0.25) is 0 Å². The molecule has 1 aromatic rings. The Morgan fingerprint density at radius 3 is 2.95 bits per heavy atom. The van der Waals surface area contributed by atoms with E-state index in [4.69, 9.17) is 9.73 Å². The largest absolute Gasteiger partial charge is 0.378 e. The van der Waals surface area contributed by atoms with Crippen LogP contribution in [-0.2, 0) is 4.74 Å². The molecule has 4 rings (SSSR count). The molecule has 4 heterocycles. The van der Waals surface area contributed by atoms with Crippen LogP contribution in [0.3, 0.4) is 0 Å². The van der Waals surface area contributed by atoms with Gasteiger partial charge in [-0.3, -0.25) is 0 Å². The van der Waals surface area contributed by atoms with E-state index in [9.17, 15) is 0 Å². The Morgan fingerprint density at radius 1 is 1.15 bits per heavy atom.